The Labute approximate surface area is 137 Å². The Kier molecular flexibility index (Phi) is 4.50. The van der Waals surface area contributed by atoms with Crippen LogP contribution in [0, 0.1) is 0 Å². The van der Waals surface area contributed by atoms with Crippen LogP contribution in [0.4, 0.5) is 0 Å². The molecule has 2 aromatic rings. The molecule has 1 aromatic heterocycles. The molecule has 0 atom stereocenters. The smallest absolute Gasteiger partial charge is 0.220 e. The van der Waals surface area contributed by atoms with E-state index < -0.39 is 0 Å². The lowest BCUT2D eigenvalue weighted by atomic mass is 10.2. The second-order valence-corrected chi connectivity index (χ2v) is 6.57. The summed E-state index contributed by atoms with van der Waals surface area (Å²) in [5.41, 5.74) is 2.00. The lowest BCUT2D eigenvalue weighted by molar-refractivity contribution is -0.121. The van der Waals surface area contributed by atoms with Crippen molar-refractivity contribution in [2.75, 3.05) is 0 Å². The molecule has 1 aliphatic carbocycles. The number of imidazole rings is 1. The van der Waals surface area contributed by atoms with Gasteiger partial charge in [0.05, 0.1) is 16.9 Å². The molecule has 1 amide bonds. The highest BCUT2D eigenvalue weighted by Gasteiger charge is 2.22. The van der Waals surface area contributed by atoms with Crippen LogP contribution in [0.1, 0.15) is 31.5 Å². The van der Waals surface area contributed by atoms with Gasteiger partial charge in [-0.25, -0.2) is 4.98 Å². The van der Waals surface area contributed by atoms with E-state index in [2.05, 4.69) is 30.8 Å². The second kappa shape index (κ2) is 6.36. The van der Waals surface area contributed by atoms with Crippen molar-refractivity contribution in [1.29, 1.82) is 0 Å². The number of halogens is 2. The zero-order valence-electron chi connectivity index (χ0n) is 11.6. The number of carbonyl (C=O) groups excluding carboxylic acids is 1. The van der Waals surface area contributed by atoms with Gasteiger partial charge in [-0.2, -0.15) is 0 Å². The first-order valence-corrected chi connectivity index (χ1v) is 8.50. The third-order valence-corrected chi connectivity index (χ3v) is 4.37. The number of nitrogens with zero attached hydrogens (tertiary/aromatic N) is 2. The van der Waals surface area contributed by atoms with Crippen LogP contribution < -0.4 is 5.32 Å². The summed E-state index contributed by atoms with van der Waals surface area (Å²) in [6.45, 7) is 0.762. The van der Waals surface area contributed by atoms with Crippen molar-refractivity contribution in [3.05, 3.63) is 28.5 Å². The average Bonchev–Trinajstić information content (AvgIpc) is 3.19. The molecular weight excluding hydrogens is 354 g/mol. The van der Waals surface area contributed by atoms with Crippen LogP contribution in [0.2, 0.25) is 0 Å². The lowest BCUT2D eigenvalue weighted by Gasteiger charge is -2.08. The maximum Gasteiger partial charge on any atom is 0.220 e. The van der Waals surface area contributed by atoms with Gasteiger partial charge in [0.2, 0.25) is 5.91 Å². The highest BCUT2D eigenvalue weighted by atomic mass is 79.9. The van der Waals surface area contributed by atoms with Crippen molar-refractivity contribution >= 4 is 44.5 Å². The summed E-state index contributed by atoms with van der Waals surface area (Å²) in [4.78, 5) is 16.3. The first kappa shape index (κ1) is 14.9. The van der Waals surface area contributed by atoms with Gasteiger partial charge in [0.1, 0.15) is 5.82 Å². The monoisotopic (exact) mass is 369 g/mol. The first-order chi connectivity index (χ1) is 10.2. The molecule has 21 heavy (non-hydrogen) atoms. The van der Waals surface area contributed by atoms with E-state index in [4.69, 9.17) is 11.6 Å². The highest BCUT2D eigenvalue weighted by Crippen LogP contribution is 2.22. The normalized spacial score (nSPS) is 14.6. The molecule has 0 spiro atoms. The van der Waals surface area contributed by atoms with Gasteiger partial charge in [0.15, 0.2) is 0 Å². The zero-order valence-corrected chi connectivity index (χ0v) is 14.0. The van der Waals surface area contributed by atoms with Gasteiger partial charge in [-0.1, -0.05) is 15.9 Å². The minimum atomic E-state index is 0.150. The van der Waals surface area contributed by atoms with Gasteiger partial charge in [-0.15, -0.1) is 11.6 Å². The van der Waals surface area contributed by atoms with E-state index >= 15 is 0 Å². The average molecular weight is 371 g/mol. The van der Waals surface area contributed by atoms with E-state index in [1.807, 2.05) is 18.2 Å². The van der Waals surface area contributed by atoms with E-state index in [0.29, 0.717) is 18.3 Å². The number of carbonyl (C=O) groups is 1. The third kappa shape index (κ3) is 3.58. The molecule has 112 valence electrons. The first-order valence-electron chi connectivity index (χ1n) is 7.17. The van der Waals surface area contributed by atoms with E-state index in [1.165, 1.54) is 0 Å². The van der Waals surface area contributed by atoms with Crippen molar-refractivity contribution in [2.45, 2.75) is 44.1 Å². The van der Waals surface area contributed by atoms with Crippen molar-refractivity contribution in [1.82, 2.24) is 14.9 Å². The fourth-order valence-electron chi connectivity index (χ4n) is 2.43. The predicted octanol–water partition coefficient (Wildman–Crippen LogP) is 3.60. The summed E-state index contributed by atoms with van der Waals surface area (Å²) in [6.07, 6.45) is 3.60. The maximum atomic E-state index is 11.7. The summed E-state index contributed by atoms with van der Waals surface area (Å²) in [5, 5.41) is 3.01. The predicted molar refractivity (Wildman–Crippen MR) is 87.4 cm³/mol. The number of benzene rings is 1. The molecule has 1 fully saturated rings. The molecule has 1 heterocycles. The Morgan fingerprint density at radius 2 is 2.29 bits per heavy atom. The summed E-state index contributed by atoms with van der Waals surface area (Å²) in [7, 11) is 0. The van der Waals surface area contributed by atoms with E-state index in [0.717, 1.165) is 47.1 Å². The molecule has 1 aromatic carbocycles. The number of amides is 1. The lowest BCUT2D eigenvalue weighted by Crippen LogP contribution is -2.25. The summed E-state index contributed by atoms with van der Waals surface area (Å²) in [6, 6.07) is 6.45. The van der Waals surface area contributed by atoms with E-state index in [1.54, 1.807) is 0 Å². The largest absolute Gasteiger partial charge is 0.353 e. The molecule has 0 saturated heterocycles. The van der Waals surface area contributed by atoms with Gasteiger partial charge in [0, 0.05) is 23.5 Å². The van der Waals surface area contributed by atoms with Crippen molar-refractivity contribution < 1.29 is 4.79 Å². The van der Waals surface area contributed by atoms with Gasteiger partial charge in [-0.3, -0.25) is 4.79 Å². The van der Waals surface area contributed by atoms with Crippen LogP contribution in [-0.2, 0) is 17.2 Å². The SMILES string of the molecule is O=C(CCCn1c(CCl)nc2cc(Br)ccc21)NC1CC1. The Hall–Kier alpha value is -1.07. The number of fused-ring (bicyclic) bond motifs is 1. The van der Waals surface area contributed by atoms with Gasteiger partial charge >= 0.3 is 0 Å². The standard InChI is InChI=1S/C15H17BrClN3O/c16-10-3-6-13-12(8-10)19-14(9-17)20(13)7-1-2-15(21)18-11-4-5-11/h3,6,8,11H,1-2,4-5,7,9H2,(H,18,21). The molecule has 0 unspecified atom stereocenters. The number of rotatable bonds is 6. The molecule has 0 radical (unpaired) electrons. The molecule has 6 heteroatoms. The van der Waals surface area contributed by atoms with Crippen LogP contribution in [-0.4, -0.2) is 21.5 Å². The fourth-order valence-corrected chi connectivity index (χ4v) is 2.98. The van der Waals surface area contributed by atoms with Crippen LogP contribution in [0.5, 0.6) is 0 Å². The number of aromatic nitrogens is 2. The number of hydrogen-bond donors (Lipinski definition) is 1. The minimum Gasteiger partial charge on any atom is -0.353 e. The second-order valence-electron chi connectivity index (χ2n) is 5.39. The highest BCUT2D eigenvalue weighted by molar-refractivity contribution is 9.10. The van der Waals surface area contributed by atoms with Crippen LogP contribution in [0.3, 0.4) is 0 Å². The molecule has 0 aliphatic heterocycles. The molecule has 4 nitrogen and oxygen atoms in total. The Balaban J connectivity index is 1.68. The number of nitrogens with one attached hydrogen (secondary N) is 1. The van der Waals surface area contributed by atoms with Crippen LogP contribution >= 0.6 is 27.5 Å². The molecule has 1 saturated carbocycles. The number of aryl methyl sites for hydroxylation is 1. The molecular formula is C15H17BrClN3O. The topological polar surface area (TPSA) is 46.9 Å². The van der Waals surface area contributed by atoms with Crippen molar-refractivity contribution in [3.63, 3.8) is 0 Å². The van der Waals surface area contributed by atoms with E-state index in [-0.39, 0.29) is 5.91 Å². The zero-order chi connectivity index (χ0) is 14.8. The fraction of sp³-hybridized carbons (Fsp3) is 0.467. The third-order valence-electron chi connectivity index (χ3n) is 3.64. The van der Waals surface area contributed by atoms with Gasteiger partial charge in [0.25, 0.3) is 0 Å². The van der Waals surface area contributed by atoms with Crippen molar-refractivity contribution in [3.8, 4) is 0 Å². The van der Waals surface area contributed by atoms with Crippen LogP contribution in [0.25, 0.3) is 11.0 Å². The summed E-state index contributed by atoms with van der Waals surface area (Å²) >= 11 is 9.44. The van der Waals surface area contributed by atoms with Crippen molar-refractivity contribution in [2.24, 2.45) is 0 Å². The van der Waals surface area contributed by atoms with Gasteiger partial charge < -0.3 is 9.88 Å². The molecule has 1 aliphatic rings. The van der Waals surface area contributed by atoms with Gasteiger partial charge in [-0.05, 0) is 37.5 Å². The summed E-state index contributed by atoms with van der Waals surface area (Å²) in [5.74, 6) is 1.38. The quantitative estimate of drug-likeness (QED) is 0.790. The summed E-state index contributed by atoms with van der Waals surface area (Å²) < 4.78 is 3.11. The Morgan fingerprint density at radius 3 is 3.00 bits per heavy atom. The number of alkyl halides is 1. The molecule has 3 rings (SSSR count). The number of hydrogen-bond acceptors (Lipinski definition) is 2. The molecule has 0 bridgehead atoms. The van der Waals surface area contributed by atoms with Crippen LogP contribution in [0.15, 0.2) is 22.7 Å². The Bertz CT molecular complexity index is 666. The maximum absolute atomic E-state index is 11.7. The molecule has 1 N–H and O–H groups in total. The van der Waals surface area contributed by atoms with E-state index in [9.17, 15) is 4.79 Å². The minimum absolute atomic E-state index is 0.150. The Morgan fingerprint density at radius 1 is 1.48 bits per heavy atom.